The summed E-state index contributed by atoms with van der Waals surface area (Å²) in [6, 6.07) is 5.65. The van der Waals surface area contributed by atoms with E-state index in [-0.39, 0.29) is 23.7 Å². The maximum Gasteiger partial charge on any atom is 0.242 e. The Labute approximate surface area is 126 Å². The Balaban J connectivity index is 2.24. The molecule has 0 bridgehead atoms. The van der Waals surface area contributed by atoms with Gasteiger partial charge in [0.25, 0.3) is 0 Å². The largest absolute Gasteiger partial charge is 0.508 e. The Kier molecular flexibility index (Phi) is 5.07. The van der Waals surface area contributed by atoms with E-state index in [4.69, 9.17) is 0 Å². The van der Waals surface area contributed by atoms with E-state index < -0.39 is 0 Å². The van der Waals surface area contributed by atoms with Crippen LogP contribution in [0.2, 0.25) is 0 Å². The fourth-order valence-electron chi connectivity index (χ4n) is 2.92. The topological polar surface area (TPSA) is 64.6 Å². The SMILES string of the molecule is CCNC(C)c1ccc(N2CCNC(=O)C2CC)cc1O. The van der Waals surface area contributed by atoms with Crippen molar-refractivity contribution in [3.63, 3.8) is 0 Å². The average Bonchev–Trinajstić information content (AvgIpc) is 2.47. The predicted octanol–water partition coefficient (Wildman–Crippen LogP) is 1.78. The molecule has 1 heterocycles. The first kappa shape index (κ1) is 15.6. The van der Waals surface area contributed by atoms with Gasteiger partial charge < -0.3 is 20.6 Å². The van der Waals surface area contributed by atoms with Gasteiger partial charge in [-0.15, -0.1) is 0 Å². The Hall–Kier alpha value is -1.75. The van der Waals surface area contributed by atoms with Crippen molar-refractivity contribution in [3.05, 3.63) is 23.8 Å². The highest BCUT2D eigenvalue weighted by Crippen LogP contribution is 2.30. The fraction of sp³-hybridized carbons (Fsp3) is 0.562. The molecule has 1 aliphatic heterocycles. The molecule has 1 aliphatic rings. The number of phenolic OH excluding ortho intramolecular Hbond substituents is 1. The van der Waals surface area contributed by atoms with Crippen molar-refractivity contribution in [1.29, 1.82) is 0 Å². The Bertz CT molecular complexity index is 504. The summed E-state index contributed by atoms with van der Waals surface area (Å²) in [4.78, 5) is 14.0. The van der Waals surface area contributed by atoms with Crippen LogP contribution in [0.3, 0.4) is 0 Å². The van der Waals surface area contributed by atoms with Gasteiger partial charge in [-0.3, -0.25) is 4.79 Å². The van der Waals surface area contributed by atoms with Gasteiger partial charge in [-0.25, -0.2) is 0 Å². The Morgan fingerprint density at radius 3 is 2.86 bits per heavy atom. The first-order valence-electron chi connectivity index (χ1n) is 7.69. The maximum atomic E-state index is 11.9. The van der Waals surface area contributed by atoms with Crippen LogP contribution in [0, 0.1) is 0 Å². The lowest BCUT2D eigenvalue weighted by Crippen LogP contribution is -2.55. The number of rotatable bonds is 5. The van der Waals surface area contributed by atoms with Crippen LogP contribution in [-0.4, -0.2) is 36.7 Å². The van der Waals surface area contributed by atoms with Crippen molar-refractivity contribution in [3.8, 4) is 5.75 Å². The van der Waals surface area contributed by atoms with Crippen LogP contribution in [0.15, 0.2) is 18.2 Å². The fourth-order valence-corrected chi connectivity index (χ4v) is 2.92. The molecule has 1 aromatic rings. The summed E-state index contributed by atoms with van der Waals surface area (Å²) in [5.74, 6) is 0.343. The van der Waals surface area contributed by atoms with Crippen LogP contribution in [-0.2, 0) is 4.79 Å². The highest BCUT2D eigenvalue weighted by atomic mass is 16.3. The quantitative estimate of drug-likeness (QED) is 0.774. The van der Waals surface area contributed by atoms with Gasteiger partial charge in [-0.2, -0.15) is 0 Å². The molecule has 0 aliphatic carbocycles. The van der Waals surface area contributed by atoms with Crippen LogP contribution in [0.25, 0.3) is 0 Å². The molecule has 2 unspecified atom stereocenters. The van der Waals surface area contributed by atoms with Crippen molar-refractivity contribution in [2.75, 3.05) is 24.5 Å². The van der Waals surface area contributed by atoms with Gasteiger partial charge in [0.15, 0.2) is 0 Å². The molecule has 1 fully saturated rings. The molecule has 1 aromatic carbocycles. The first-order chi connectivity index (χ1) is 10.1. The molecule has 0 aromatic heterocycles. The van der Waals surface area contributed by atoms with Gasteiger partial charge in [0.2, 0.25) is 5.91 Å². The number of carbonyl (C=O) groups excluding carboxylic acids is 1. The van der Waals surface area contributed by atoms with Gasteiger partial charge in [0.1, 0.15) is 11.8 Å². The van der Waals surface area contributed by atoms with E-state index in [0.29, 0.717) is 6.54 Å². The number of amides is 1. The number of hydrogen-bond acceptors (Lipinski definition) is 4. The van der Waals surface area contributed by atoms with Crippen LogP contribution in [0.4, 0.5) is 5.69 Å². The lowest BCUT2D eigenvalue weighted by Gasteiger charge is -2.36. The molecule has 5 nitrogen and oxygen atoms in total. The zero-order chi connectivity index (χ0) is 15.4. The van der Waals surface area contributed by atoms with E-state index in [9.17, 15) is 9.90 Å². The number of benzene rings is 1. The number of carbonyl (C=O) groups is 1. The summed E-state index contributed by atoms with van der Waals surface area (Å²) in [7, 11) is 0. The molecule has 0 spiro atoms. The summed E-state index contributed by atoms with van der Waals surface area (Å²) in [5.41, 5.74) is 1.79. The second-order valence-electron chi connectivity index (χ2n) is 5.43. The minimum atomic E-state index is -0.157. The third-order valence-electron chi connectivity index (χ3n) is 4.04. The molecule has 2 atom stereocenters. The second kappa shape index (κ2) is 6.80. The molecule has 0 saturated carbocycles. The summed E-state index contributed by atoms with van der Waals surface area (Å²) in [6.45, 7) is 8.34. The normalized spacial score (nSPS) is 20.2. The van der Waals surface area contributed by atoms with Crippen LogP contribution >= 0.6 is 0 Å². The third kappa shape index (κ3) is 3.29. The molecule has 116 valence electrons. The highest BCUT2D eigenvalue weighted by Gasteiger charge is 2.28. The molecule has 0 radical (unpaired) electrons. The van der Waals surface area contributed by atoms with E-state index in [1.165, 1.54) is 0 Å². The first-order valence-corrected chi connectivity index (χ1v) is 7.69. The molecular weight excluding hydrogens is 266 g/mol. The summed E-state index contributed by atoms with van der Waals surface area (Å²) < 4.78 is 0. The molecule has 1 saturated heterocycles. The Morgan fingerprint density at radius 1 is 1.48 bits per heavy atom. The zero-order valence-electron chi connectivity index (χ0n) is 13.0. The van der Waals surface area contributed by atoms with Gasteiger partial charge in [-0.1, -0.05) is 19.9 Å². The summed E-state index contributed by atoms with van der Waals surface area (Å²) in [6.07, 6.45) is 0.752. The lowest BCUT2D eigenvalue weighted by molar-refractivity contribution is -0.123. The third-order valence-corrected chi connectivity index (χ3v) is 4.04. The van der Waals surface area contributed by atoms with Crippen molar-refractivity contribution >= 4 is 11.6 Å². The number of hydrogen-bond donors (Lipinski definition) is 3. The molecule has 2 rings (SSSR count). The minimum absolute atomic E-state index is 0.0633. The standard InChI is InChI=1S/C16H25N3O2/c1-4-14-16(21)18-8-9-19(14)12-6-7-13(15(20)10-12)11(3)17-5-2/h6-7,10-11,14,17,20H,4-5,8-9H2,1-3H3,(H,18,21). The number of nitrogens with one attached hydrogen (secondary N) is 2. The molecule has 5 heteroatoms. The van der Waals surface area contributed by atoms with E-state index in [2.05, 4.69) is 15.5 Å². The summed E-state index contributed by atoms with van der Waals surface area (Å²) >= 11 is 0. The van der Waals surface area contributed by atoms with E-state index in [1.54, 1.807) is 6.07 Å². The monoisotopic (exact) mass is 291 g/mol. The van der Waals surface area contributed by atoms with Crippen molar-refractivity contribution in [2.45, 2.75) is 39.3 Å². The maximum absolute atomic E-state index is 11.9. The predicted molar refractivity (Wildman–Crippen MR) is 84.6 cm³/mol. The van der Waals surface area contributed by atoms with Gasteiger partial charge in [0.05, 0.1) is 0 Å². The molecular formula is C16H25N3O2. The second-order valence-corrected chi connectivity index (χ2v) is 5.43. The molecule has 3 N–H and O–H groups in total. The lowest BCUT2D eigenvalue weighted by atomic mass is 10.0. The minimum Gasteiger partial charge on any atom is -0.508 e. The zero-order valence-corrected chi connectivity index (χ0v) is 13.0. The van der Waals surface area contributed by atoms with Crippen molar-refractivity contribution in [2.24, 2.45) is 0 Å². The van der Waals surface area contributed by atoms with E-state index in [1.807, 2.05) is 32.9 Å². The van der Waals surface area contributed by atoms with E-state index in [0.717, 1.165) is 30.8 Å². The van der Waals surface area contributed by atoms with E-state index >= 15 is 0 Å². The molecule has 21 heavy (non-hydrogen) atoms. The van der Waals surface area contributed by atoms with Gasteiger partial charge in [-0.05, 0) is 26.0 Å². The van der Waals surface area contributed by atoms with Crippen molar-refractivity contribution in [1.82, 2.24) is 10.6 Å². The van der Waals surface area contributed by atoms with Crippen LogP contribution in [0.5, 0.6) is 5.75 Å². The summed E-state index contributed by atoms with van der Waals surface area (Å²) in [5, 5.41) is 16.5. The average molecular weight is 291 g/mol. The molecule has 1 amide bonds. The number of anilines is 1. The number of piperazine rings is 1. The van der Waals surface area contributed by atoms with Crippen molar-refractivity contribution < 1.29 is 9.90 Å². The number of aromatic hydroxyl groups is 1. The smallest absolute Gasteiger partial charge is 0.242 e. The number of nitrogens with zero attached hydrogens (tertiary/aromatic N) is 1. The van der Waals surface area contributed by atoms with Gasteiger partial charge >= 0.3 is 0 Å². The highest BCUT2D eigenvalue weighted by molar-refractivity contribution is 5.86. The van der Waals surface area contributed by atoms with Gasteiger partial charge in [0, 0.05) is 36.4 Å². The Morgan fingerprint density at radius 2 is 2.24 bits per heavy atom. The number of phenols is 1. The van der Waals surface area contributed by atoms with Crippen LogP contribution in [0.1, 0.15) is 38.8 Å². The van der Waals surface area contributed by atoms with Crippen LogP contribution < -0.4 is 15.5 Å².